The van der Waals surface area contributed by atoms with Gasteiger partial charge in [-0.1, -0.05) is 26.3 Å². The SMILES string of the molecule is C=C(NCC(=O)O)c1c(CCC)nc2sc3c(n2c1=O)CCCCC3. The van der Waals surface area contributed by atoms with Crippen LogP contribution in [0.15, 0.2) is 11.4 Å². The van der Waals surface area contributed by atoms with Gasteiger partial charge in [0.15, 0.2) is 4.96 Å². The first-order valence-corrected chi connectivity index (χ1v) is 9.55. The second kappa shape index (κ2) is 7.39. The minimum absolute atomic E-state index is 0.129. The highest BCUT2D eigenvalue weighted by Crippen LogP contribution is 2.28. The van der Waals surface area contributed by atoms with E-state index < -0.39 is 5.97 Å². The molecule has 0 aromatic carbocycles. The molecule has 0 bridgehead atoms. The molecule has 0 fully saturated rings. The molecule has 0 atom stereocenters. The number of aromatic nitrogens is 2. The van der Waals surface area contributed by atoms with Gasteiger partial charge < -0.3 is 10.4 Å². The number of hydrogen-bond acceptors (Lipinski definition) is 5. The quantitative estimate of drug-likeness (QED) is 0.773. The van der Waals surface area contributed by atoms with Gasteiger partial charge >= 0.3 is 5.97 Å². The van der Waals surface area contributed by atoms with Gasteiger partial charge in [-0.3, -0.25) is 14.0 Å². The molecule has 0 radical (unpaired) electrons. The highest BCUT2D eigenvalue weighted by Gasteiger charge is 2.22. The summed E-state index contributed by atoms with van der Waals surface area (Å²) in [6, 6.07) is 0. The summed E-state index contributed by atoms with van der Waals surface area (Å²) >= 11 is 1.61. The number of thiazole rings is 1. The van der Waals surface area contributed by atoms with E-state index in [-0.39, 0.29) is 12.1 Å². The van der Waals surface area contributed by atoms with Crippen molar-refractivity contribution in [3.63, 3.8) is 0 Å². The Balaban J connectivity index is 2.16. The molecular formula is C18H23N3O3S. The van der Waals surface area contributed by atoms with E-state index in [9.17, 15) is 9.59 Å². The van der Waals surface area contributed by atoms with Gasteiger partial charge in [0.1, 0.15) is 6.54 Å². The Morgan fingerprint density at radius 1 is 1.36 bits per heavy atom. The monoisotopic (exact) mass is 361 g/mol. The molecule has 3 rings (SSSR count). The standard InChI is InChI=1S/C18H23N3O3S/c1-3-7-12-16(11(2)19-10-15(22)23)17(24)21-13-8-5-4-6-9-14(13)25-18(21)20-12/h19H,2-10H2,1H3,(H,22,23). The Hall–Kier alpha value is -2.15. The number of fused-ring (bicyclic) bond motifs is 3. The average Bonchev–Trinajstić information content (AvgIpc) is 2.75. The summed E-state index contributed by atoms with van der Waals surface area (Å²) in [4.78, 5) is 30.8. The Kier molecular flexibility index (Phi) is 5.22. The van der Waals surface area contributed by atoms with Crippen LogP contribution >= 0.6 is 11.3 Å². The third kappa shape index (κ3) is 3.46. The summed E-state index contributed by atoms with van der Waals surface area (Å²) in [5.41, 5.74) is 2.41. The zero-order chi connectivity index (χ0) is 18.0. The lowest BCUT2D eigenvalue weighted by Gasteiger charge is -2.12. The van der Waals surface area contributed by atoms with E-state index in [0.717, 1.165) is 42.8 Å². The highest BCUT2D eigenvalue weighted by molar-refractivity contribution is 7.17. The average molecular weight is 361 g/mol. The van der Waals surface area contributed by atoms with Crippen LogP contribution in [0.25, 0.3) is 10.7 Å². The second-order valence-corrected chi connectivity index (χ2v) is 7.43. The molecule has 134 valence electrons. The summed E-state index contributed by atoms with van der Waals surface area (Å²) in [7, 11) is 0. The van der Waals surface area contributed by atoms with Gasteiger partial charge in [0, 0.05) is 16.3 Å². The van der Waals surface area contributed by atoms with Gasteiger partial charge in [-0.05, 0) is 32.1 Å². The minimum atomic E-state index is -0.989. The first-order valence-electron chi connectivity index (χ1n) is 8.74. The van der Waals surface area contributed by atoms with Gasteiger partial charge in [0.25, 0.3) is 5.56 Å². The first-order chi connectivity index (χ1) is 12.0. The van der Waals surface area contributed by atoms with E-state index in [1.54, 1.807) is 15.7 Å². The maximum atomic E-state index is 13.2. The number of carbonyl (C=O) groups is 1. The fourth-order valence-corrected chi connectivity index (χ4v) is 4.55. The lowest BCUT2D eigenvalue weighted by atomic mass is 10.1. The lowest BCUT2D eigenvalue weighted by molar-refractivity contribution is -0.135. The van der Waals surface area contributed by atoms with E-state index in [1.165, 1.54) is 11.3 Å². The van der Waals surface area contributed by atoms with E-state index in [0.29, 0.717) is 23.4 Å². The molecule has 1 aliphatic rings. The number of carboxylic acids is 1. The minimum Gasteiger partial charge on any atom is -0.480 e. The van der Waals surface area contributed by atoms with Gasteiger partial charge in [0.2, 0.25) is 0 Å². The zero-order valence-electron chi connectivity index (χ0n) is 14.4. The van der Waals surface area contributed by atoms with Gasteiger partial charge in [-0.25, -0.2) is 4.98 Å². The first kappa shape index (κ1) is 17.7. The summed E-state index contributed by atoms with van der Waals surface area (Å²) in [6.45, 7) is 5.66. The normalized spacial score (nSPS) is 14.1. The van der Waals surface area contributed by atoms with Crippen LogP contribution in [0, 0.1) is 0 Å². The van der Waals surface area contributed by atoms with Crippen molar-refractivity contribution in [1.82, 2.24) is 14.7 Å². The number of carboxylic acid groups (broad SMARTS) is 1. The Morgan fingerprint density at radius 3 is 2.84 bits per heavy atom. The van der Waals surface area contributed by atoms with Crippen molar-refractivity contribution >= 4 is 28.0 Å². The fourth-order valence-electron chi connectivity index (χ4n) is 3.34. The predicted molar refractivity (Wildman–Crippen MR) is 99.3 cm³/mol. The summed E-state index contributed by atoms with van der Waals surface area (Å²) in [5, 5.41) is 11.6. The Labute approximate surface area is 150 Å². The van der Waals surface area contributed by atoms with Crippen molar-refractivity contribution < 1.29 is 9.90 Å². The zero-order valence-corrected chi connectivity index (χ0v) is 15.2. The molecule has 7 heteroatoms. The van der Waals surface area contributed by atoms with Crippen molar-refractivity contribution in [3.05, 3.63) is 38.8 Å². The highest BCUT2D eigenvalue weighted by atomic mass is 32.1. The summed E-state index contributed by atoms with van der Waals surface area (Å²) in [5.74, 6) is -0.989. The number of aliphatic carboxylic acids is 1. The second-order valence-electron chi connectivity index (χ2n) is 6.37. The molecule has 0 amide bonds. The largest absolute Gasteiger partial charge is 0.480 e. The number of hydrogen-bond donors (Lipinski definition) is 2. The van der Waals surface area contributed by atoms with Crippen molar-refractivity contribution in [2.24, 2.45) is 0 Å². The van der Waals surface area contributed by atoms with Crippen molar-refractivity contribution in [2.45, 2.75) is 51.9 Å². The molecular weight excluding hydrogens is 338 g/mol. The van der Waals surface area contributed by atoms with E-state index in [2.05, 4.69) is 11.9 Å². The predicted octanol–water partition coefficient (Wildman–Crippen LogP) is 2.62. The lowest BCUT2D eigenvalue weighted by Crippen LogP contribution is -2.29. The maximum Gasteiger partial charge on any atom is 0.322 e. The Morgan fingerprint density at radius 2 is 2.12 bits per heavy atom. The third-order valence-electron chi connectivity index (χ3n) is 4.49. The molecule has 2 heterocycles. The number of rotatable bonds is 6. The van der Waals surface area contributed by atoms with E-state index in [4.69, 9.17) is 10.1 Å². The van der Waals surface area contributed by atoms with Crippen LogP contribution in [0.5, 0.6) is 0 Å². The molecule has 0 unspecified atom stereocenters. The summed E-state index contributed by atoms with van der Waals surface area (Å²) < 4.78 is 1.73. The molecule has 2 N–H and O–H groups in total. The van der Waals surface area contributed by atoms with E-state index >= 15 is 0 Å². The third-order valence-corrected chi connectivity index (χ3v) is 5.64. The number of aryl methyl sites for hydroxylation is 3. The van der Waals surface area contributed by atoms with Crippen molar-refractivity contribution in [1.29, 1.82) is 0 Å². The molecule has 2 aromatic heterocycles. The fraction of sp³-hybridized carbons (Fsp3) is 0.500. The van der Waals surface area contributed by atoms with Crippen LogP contribution in [0.4, 0.5) is 0 Å². The van der Waals surface area contributed by atoms with Crippen LogP contribution in [0.2, 0.25) is 0 Å². The molecule has 25 heavy (non-hydrogen) atoms. The summed E-state index contributed by atoms with van der Waals surface area (Å²) in [6.07, 6.45) is 6.81. The van der Waals surface area contributed by atoms with Gasteiger partial charge in [0.05, 0.1) is 11.3 Å². The molecule has 6 nitrogen and oxygen atoms in total. The molecule has 0 aliphatic heterocycles. The Bertz CT molecular complexity index is 882. The number of nitrogens with zero attached hydrogens (tertiary/aromatic N) is 2. The number of nitrogens with one attached hydrogen (secondary N) is 1. The maximum absolute atomic E-state index is 13.2. The van der Waals surface area contributed by atoms with E-state index in [1.807, 2.05) is 6.92 Å². The molecule has 0 spiro atoms. The topological polar surface area (TPSA) is 83.7 Å². The van der Waals surface area contributed by atoms with Crippen LogP contribution in [-0.2, 0) is 24.1 Å². The van der Waals surface area contributed by atoms with Gasteiger partial charge in [-0.15, -0.1) is 11.3 Å². The van der Waals surface area contributed by atoms with Crippen molar-refractivity contribution in [2.75, 3.05) is 6.54 Å². The molecule has 0 saturated carbocycles. The van der Waals surface area contributed by atoms with Crippen molar-refractivity contribution in [3.8, 4) is 0 Å². The van der Waals surface area contributed by atoms with Gasteiger partial charge in [-0.2, -0.15) is 0 Å². The van der Waals surface area contributed by atoms with Crippen LogP contribution in [0.3, 0.4) is 0 Å². The molecule has 1 aliphatic carbocycles. The smallest absolute Gasteiger partial charge is 0.322 e. The molecule has 2 aromatic rings. The van der Waals surface area contributed by atoms with Crippen LogP contribution in [-0.4, -0.2) is 27.0 Å². The molecule has 0 saturated heterocycles. The van der Waals surface area contributed by atoms with Crippen LogP contribution in [0.1, 0.15) is 54.4 Å². The van der Waals surface area contributed by atoms with Crippen LogP contribution < -0.4 is 10.9 Å².